The molecule has 1 N–H and O–H groups in total. The standard InChI is InChI=1S/C19H18ClN3O2/c1-13(2)24-17-12-21-19(20)23-18(17)22-14-8-10-16(11-9-14)25-15-6-4-3-5-7-15/h3-13H,1-2H3,(H,21,22,23). The number of hydrogen-bond donors (Lipinski definition) is 1. The molecule has 25 heavy (non-hydrogen) atoms. The summed E-state index contributed by atoms with van der Waals surface area (Å²) in [5.41, 5.74) is 0.837. The molecule has 6 heteroatoms. The average Bonchev–Trinajstić information content (AvgIpc) is 2.60. The molecule has 0 saturated heterocycles. The van der Waals surface area contributed by atoms with Crippen molar-refractivity contribution in [3.8, 4) is 17.2 Å². The second kappa shape index (κ2) is 7.85. The van der Waals surface area contributed by atoms with Crippen molar-refractivity contribution in [1.29, 1.82) is 0 Å². The van der Waals surface area contributed by atoms with E-state index < -0.39 is 0 Å². The van der Waals surface area contributed by atoms with Crippen LogP contribution in [-0.2, 0) is 0 Å². The molecule has 0 atom stereocenters. The number of nitrogens with zero attached hydrogens (tertiary/aromatic N) is 2. The first-order valence-corrected chi connectivity index (χ1v) is 8.27. The minimum atomic E-state index is 0.00646. The number of para-hydroxylation sites is 1. The topological polar surface area (TPSA) is 56.3 Å². The van der Waals surface area contributed by atoms with Crippen LogP contribution in [0, 0.1) is 0 Å². The van der Waals surface area contributed by atoms with Gasteiger partial charge in [0.05, 0.1) is 12.3 Å². The zero-order chi connectivity index (χ0) is 17.6. The number of rotatable bonds is 6. The minimum Gasteiger partial charge on any atom is -0.485 e. The van der Waals surface area contributed by atoms with E-state index in [1.165, 1.54) is 0 Å². The van der Waals surface area contributed by atoms with Gasteiger partial charge in [0.2, 0.25) is 5.28 Å². The summed E-state index contributed by atoms with van der Waals surface area (Å²) in [5.74, 6) is 2.60. The SMILES string of the molecule is CC(C)Oc1cnc(Cl)nc1Nc1ccc(Oc2ccccc2)cc1. The summed E-state index contributed by atoms with van der Waals surface area (Å²) >= 11 is 5.90. The Hall–Kier alpha value is -2.79. The largest absolute Gasteiger partial charge is 0.485 e. The van der Waals surface area contributed by atoms with Crippen LogP contribution < -0.4 is 14.8 Å². The molecule has 0 aliphatic carbocycles. The summed E-state index contributed by atoms with van der Waals surface area (Å²) in [6, 6.07) is 17.2. The fourth-order valence-electron chi connectivity index (χ4n) is 2.15. The molecule has 0 radical (unpaired) electrons. The van der Waals surface area contributed by atoms with Crippen molar-refractivity contribution in [2.45, 2.75) is 20.0 Å². The van der Waals surface area contributed by atoms with Crippen molar-refractivity contribution in [2.24, 2.45) is 0 Å². The van der Waals surface area contributed by atoms with Crippen LogP contribution in [0.3, 0.4) is 0 Å². The van der Waals surface area contributed by atoms with E-state index in [1.54, 1.807) is 6.20 Å². The molecule has 0 aliphatic heterocycles. The smallest absolute Gasteiger partial charge is 0.224 e. The van der Waals surface area contributed by atoms with Gasteiger partial charge in [-0.3, -0.25) is 0 Å². The molecule has 0 aliphatic rings. The van der Waals surface area contributed by atoms with Gasteiger partial charge < -0.3 is 14.8 Å². The predicted molar refractivity (Wildman–Crippen MR) is 99.0 cm³/mol. The lowest BCUT2D eigenvalue weighted by molar-refractivity contribution is 0.242. The first kappa shape index (κ1) is 17.0. The van der Waals surface area contributed by atoms with Gasteiger partial charge in [0.15, 0.2) is 11.6 Å². The Morgan fingerprint density at radius 1 is 0.960 bits per heavy atom. The summed E-state index contributed by atoms with van der Waals surface area (Å²) in [7, 11) is 0. The molecule has 0 saturated carbocycles. The van der Waals surface area contributed by atoms with E-state index >= 15 is 0 Å². The summed E-state index contributed by atoms with van der Waals surface area (Å²) in [5, 5.41) is 3.35. The van der Waals surface area contributed by atoms with Crippen molar-refractivity contribution in [1.82, 2.24) is 9.97 Å². The molecule has 0 bridgehead atoms. The number of aromatic nitrogens is 2. The van der Waals surface area contributed by atoms with E-state index in [2.05, 4.69) is 15.3 Å². The molecule has 0 spiro atoms. The Bertz CT molecular complexity index is 824. The number of hydrogen-bond acceptors (Lipinski definition) is 5. The molecule has 2 aromatic carbocycles. The second-order valence-corrected chi connectivity index (χ2v) is 5.92. The number of halogens is 1. The van der Waals surface area contributed by atoms with E-state index in [-0.39, 0.29) is 11.4 Å². The van der Waals surface area contributed by atoms with Gasteiger partial charge in [-0.05, 0) is 61.8 Å². The van der Waals surface area contributed by atoms with Gasteiger partial charge in [0, 0.05) is 5.69 Å². The summed E-state index contributed by atoms with van der Waals surface area (Å²) in [6.45, 7) is 3.88. The fourth-order valence-corrected chi connectivity index (χ4v) is 2.28. The molecule has 0 fully saturated rings. The summed E-state index contributed by atoms with van der Waals surface area (Å²) in [6.07, 6.45) is 1.57. The molecule has 128 valence electrons. The van der Waals surface area contributed by atoms with Gasteiger partial charge in [-0.1, -0.05) is 18.2 Å². The highest BCUT2D eigenvalue weighted by Crippen LogP contribution is 2.28. The minimum absolute atomic E-state index is 0.00646. The Labute approximate surface area is 151 Å². The Balaban J connectivity index is 1.74. The van der Waals surface area contributed by atoms with Crippen LogP contribution in [0.2, 0.25) is 5.28 Å². The number of nitrogens with one attached hydrogen (secondary N) is 1. The normalized spacial score (nSPS) is 10.6. The van der Waals surface area contributed by atoms with Crippen LogP contribution in [0.15, 0.2) is 60.8 Å². The van der Waals surface area contributed by atoms with Crippen LogP contribution in [0.25, 0.3) is 0 Å². The highest BCUT2D eigenvalue weighted by atomic mass is 35.5. The van der Waals surface area contributed by atoms with E-state index in [0.717, 1.165) is 17.2 Å². The molecule has 3 aromatic rings. The Kier molecular flexibility index (Phi) is 5.36. The zero-order valence-electron chi connectivity index (χ0n) is 13.9. The van der Waals surface area contributed by atoms with Crippen LogP contribution >= 0.6 is 11.6 Å². The maximum absolute atomic E-state index is 5.90. The quantitative estimate of drug-likeness (QED) is 0.595. The van der Waals surface area contributed by atoms with Crippen molar-refractivity contribution in [3.05, 3.63) is 66.1 Å². The molecule has 3 rings (SSSR count). The van der Waals surface area contributed by atoms with Gasteiger partial charge in [-0.2, -0.15) is 4.98 Å². The molecular weight excluding hydrogens is 338 g/mol. The van der Waals surface area contributed by atoms with Crippen LogP contribution in [0.5, 0.6) is 17.2 Å². The monoisotopic (exact) mass is 355 g/mol. The van der Waals surface area contributed by atoms with Gasteiger partial charge >= 0.3 is 0 Å². The number of benzene rings is 2. The second-order valence-electron chi connectivity index (χ2n) is 5.58. The van der Waals surface area contributed by atoms with Crippen molar-refractivity contribution in [2.75, 3.05) is 5.32 Å². The number of ether oxygens (including phenoxy) is 2. The Morgan fingerprint density at radius 3 is 2.32 bits per heavy atom. The van der Waals surface area contributed by atoms with Crippen LogP contribution in [0.4, 0.5) is 11.5 Å². The third-order valence-electron chi connectivity index (χ3n) is 3.18. The van der Waals surface area contributed by atoms with Gasteiger partial charge in [-0.25, -0.2) is 4.98 Å². The van der Waals surface area contributed by atoms with E-state index in [1.807, 2.05) is 68.4 Å². The van der Waals surface area contributed by atoms with E-state index in [4.69, 9.17) is 21.1 Å². The van der Waals surface area contributed by atoms with Crippen molar-refractivity contribution >= 4 is 23.1 Å². The highest BCUT2D eigenvalue weighted by molar-refractivity contribution is 6.28. The third kappa shape index (κ3) is 4.84. The number of anilines is 2. The van der Waals surface area contributed by atoms with Crippen LogP contribution in [0.1, 0.15) is 13.8 Å². The fraction of sp³-hybridized carbons (Fsp3) is 0.158. The van der Waals surface area contributed by atoms with E-state index in [9.17, 15) is 0 Å². The highest BCUT2D eigenvalue weighted by Gasteiger charge is 2.10. The molecule has 5 nitrogen and oxygen atoms in total. The van der Waals surface area contributed by atoms with Gasteiger partial charge in [0.1, 0.15) is 11.5 Å². The molecule has 0 unspecified atom stereocenters. The maximum atomic E-state index is 5.90. The molecule has 1 aromatic heterocycles. The van der Waals surface area contributed by atoms with Gasteiger partial charge in [-0.15, -0.1) is 0 Å². The maximum Gasteiger partial charge on any atom is 0.224 e. The van der Waals surface area contributed by atoms with Gasteiger partial charge in [0.25, 0.3) is 0 Å². The van der Waals surface area contributed by atoms with Crippen molar-refractivity contribution < 1.29 is 9.47 Å². The Morgan fingerprint density at radius 2 is 1.64 bits per heavy atom. The molecule has 0 amide bonds. The van der Waals surface area contributed by atoms with Crippen molar-refractivity contribution in [3.63, 3.8) is 0 Å². The lowest BCUT2D eigenvalue weighted by Crippen LogP contribution is -2.09. The van der Waals surface area contributed by atoms with Crippen LogP contribution in [-0.4, -0.2) is 16.1 Å². The summed E-state index contributed by atoms with van der Waals surface area (Å²) < 4.78 is 11.5. The first-order chi connectivity index (χ1) is 12.1. The average molecular weight is 356 g/mol. The lowest BCUT2D eigenvalue weighted by atomic mass is 10.3. The molecular formula is C19H18ClN3O2. The zero-order valence-corrected chi connectivity index (χ0v) is 14.7. The first-order valence-electron chi connectivity index (χ1n) is 7.89. The summed E-state index contributed by atoms with van der Waals surface area (Å²) in [4.78, 5) is 8.16. The lowest BCUT2D eigenvalue weighted by Gasteiger charge is -2.14. The predicted octanol–water partition coefficient (Wildman–Crippen LogP) is 5.45. The molecule has 1 heterocycles. The third-order valence-corrected chi connectivity index (χ3v) is 3.37. The van der Waals surface area contributed by atoms with E-state index in [0.29, 0.717) is 11.6 Å².